The molecule has 2 fully saturated rings. The van der Waals surface area contributed by atoms with Crippen molar-refractivity contribution in [3.05, 3.63) is 0 Å². The van der Waals surface area contributed by atoms with Crippen LogP contribution >= 0.6 is 11.8 Å². The van der Waals surface area contributed by atoms with E-state index in [0.29, 0.717) is 12.5 Å². The lowest BCUT2D eigenvalue weighted by molar-refractivity contribution is -0.140. The van der Waals surface area contributed by atoms with Crippen molar-refractivity contribution in [2.45, 2.75) is 56.7 Å². The highest BCUT2D eigenvalue weighted by Crippen LogP contribution is 2.38. The van der Waals surface area contributed by atoms with Crippen LogP contribution in [0, 0.1) is 0 Å². The van der Waals surface area contributed by atoms with Crippen LogP contribution in [0.1, 0.15) is 39.0 Å². The molecule has 0 radical (unpaired) electrons. The minimum Gasteiger partial charge on any atom is -0.480 e. The lowest BCUT2D eigenvalue weighted by atomic mass is 9.89. The standard InChI is InChI=1S/C13H23NO3S/c1-2-3-11(12(15)16)14-10-4-6-17-13(8-10)5-7-18-9-13/h10-11,14H,2-9H2,1H3,(H,15,16). The molecule has 104 valence electrons. The molecule has 2 heterocycles. The lowest BCUT2D eigenvalue weighted by Crippen LogP contribution is -2.51. The van der Waals surface area contributed by atoms with E-state index in [0.717, 1.165) is 38.0 Å². The zero-order valence-corrected chi connectivity index (χ0v) is 11.8. The summed E-state index contributed by atoms with van der Waals surface area (Å²) >= 11 is 1.95. The second kappa shape index (κ2) is 6.26. The molecule has 18 heavy (non-hydrogen) atoms. The molecule has 0 amide bonds. The topological polar surface area (TPSA) is 58.6 Å². The molecule has 3 unspecified atom stereocenters. The van der Waals surface area contributed by atoms with E-state index in [4.69, 9.17) is 4.74 Å². The zero-order valence-electron chi connectivity index (χ0n) is 11.0. The Morgan fingerprint density at radius 2 is 2.50 bits per heavy atom. The van der Waals surface area contributed by atoms with E-state index in [1.54, 1.807) is 0 Å². The van der Waals surface area contributed by atoms with Gasteiger partial charge in [-0.3, -0.25) is 4.79 Å². The Hall–Kier alpha value is -0.260. The maximum Gasteiger partial charge on any atom is 0.320 e. The van der Waals surface area contributed by atoms with Crippen LogP contribution in [0.3, 0.4) is 0 Å². The van der Waals surface area contributed by atoms with Crippen LogP contribution in [0.2, 0.25) is 0 Å². The number of hydrogen-bond acceptors (Lipinski definition) is 4. The van der Waals surface area contributed by atoms with Gasteiger partial charge in [-0.05, 0) is 31.4 Å². The molecule has 0 aromatic heterocycles. The number of carbonyl (C=O) groups is 1. The van der Waals surface area contributed by atoms with Crippen LogP contribution in [0.15, 0.2) is 0 Å². The van der Waals surface area contributed by atoms with Gasteiger partial charge in [-0.25, -0.2) is 0 Å². The number of carboxylic acid groups (broad SMARTS) is 1. The summed E-state index contributed by atoms with van der Waals surface area (Å²) < 4.78 is 5.95. The van der Waals surface area contributed by atoms with Crippen molar-refractivity contribution < 1.29 is 14.6 Å². The molecule has 2 rings (SSSR count). The third-order valence-electron chi connectivity index (χ3n) is 3.87. The summed E-state index contributed by atoms with van der Waals surface area (Å²) in [5.41, 5.74) is 0.0237. The number of aliphatic carboxylic acids is 1. The average Bonchev–Trinajstić information content (AvgIpc) is 2.77. The first-order valence-electron chi connectivity index (χ1n) is 6.86. The van der Waals surface area contributed by atoms with Crippen LogP contribution in [0.5, 0.6) is 0 Å². The number of hydrogen-bond donors (Lipinski definition) is 2. The van der Waals surface area contributed by atoms with Crippen molar-refractivity contribution in [1.29, 1.82) is 0 Å². The summed E-state index contributed by atoms with van der Waals surface area (Å²) in [5, 5.41) is 12.5. The Kier molecular flexibility index (Phi) is 4.92. The minimum atomic E-state index is -0.724. The summed E-state index contributed by atoms with van der Waals surface area (Å²) in [6.07, 6.45) is 4.61. The minimum absolute atomic E-state index is 0.0237. The SMILES string of the molecule is CCCC(NC1CCOC2(CCSC2)C1)C(=O)O. The van der Waals surface area contributed by atoms with Crippen LogP contribution in [-0.2, 0) is 9.53 Å². The first-order valence-corrected chi connectivity index (χ1v) is 8.01. The van der Waals surface area contributed by atoms with Gasteiger partial charge in [0.05, 0.1) is 5.60 Å². The fourth-order valence-electron chi connectivity index (χ4n) is 2.88. The Labute approximate surface area is 113 Å². The van der Waals surface area contributed by atoms with Gasteiger partial charge >= 0.3 is 5.97 Å². The van der Waals surface area contributed by atoms with Gasteiger partial charge in [-0.2, -0.15) is 11.8 Å². The van der Waals surface area contributed by atoms with Crippen molar-refractivity contribution in [2.75, 3.05) is 18.1 Å². The van der Waals surface area contributed by atoms with Gasteiger partial charge in [-0.1, -0.05) is 13.3 Å². The highest BCUT2D eigenvalue weighted by molar-refractivity contribution is 7.99. The smallest absolute Gasteiger partial charge is 0.320 e. The first kappa shape index (κ1) is 14.2. The van der Waals surface area contributed by atoms with E-state index in [1.807, 2.05) is 18.7 Å². The second-order valence-electron chi connectivity index (χ2n) is 5.37. The summed E-state index contributed by atoms with van der Waals surface area (Å²) in [5.74, 6) is 1.51. The van der Waals surface area contributed by atoms with E-state index in [1.165, 1.54) is 5.75 Å². The molecule has 2 N–H and O–H groups in total. The van der Waals surface area contributed by atoms with Crippen molar-refractivity contribution in [1.82, 2.24) is 5.32 Å². The second-order valence-corrected chi connectivity index (χ2v) is 6.48. The first-order chi connectivity index (χ1) is 8.65. The Morgan fingerprint density at radius 3 is 3.11 bits per heavy atom. The van der Waals surface area contributed by atoms with Crippen molar-refractivity contribution in [3.63, 3.8) is 0 Å². The molecule has 4 nitrogen and oxygen atoms in total. The molecule has 2 aliphatic rings. The molecule has 0 aromatic carbocycles. The van der Waals surface area contributed by atoms with Crippen molar-refractivity contribution in [3.8, 4) is 0 Å². The van der Waals surface area contributed by atoms with Gasteiger partial charge in [0.1, 0.15) is 6.04 Å². The molecule has 0 bridgehead atoms. The van der Waals surface area contributed by atoms with Gasteiger partial charge in [0.25, 0.3) is 0 Å². The molecule has 3 atom stereocenters. The summed E-state index contributed by atoms with van der Waals surface area (Å²) in [6, 6.07) is -0.102. The third kappa shape index (κ3) is 3.39. The van der Waals surface area contributed by atoms with Crippen LogP contribution in [-0.4, -0.2) is 46.9 Å². The van der Waals surface area contributed by atoms with Gasteiger partial charge in [0, 0.05) is 18.4 Å². The van der Waals surface area contributed by atoms with E-state index >= 15 is 0 Å². The predicted octanol–water partition coefficient (Wildman–Crippen LogP) is 1.88. The van der Waals surface area contributed by atoms with Gasteiger partial charge in [-0.15, -0.1) is 0 Å². The molecule has 5 heteroatoms. The maximum atomic E-state index is 11.2. The summed E-state index contributed by atoms with van der Waals surface area (Å²) in [6.45, 7) is 2.79. The van der Waals surface area contributed by atoms with E-state index in [2.05, 4.69) is 5.32 Å². The number of rotatable bonds is 5. The monoisotopic (exact) mass is 273 g/mol. The van der Waals surface area contributed by atoms with E-state index in [9.17, 15) is 9.90 Å². The number of nitrogens with one attached hydrogen (secondary N) is 1. The van der Waals surface area contributed by atoms with Crippen LogP contribution < -0.4 is 5.32 Å². The van der Waals surface area contributed by atoms with Gasteiger partial charge < -0.3 is 15.2 Å². The Morgan fingerprint density at radius 1 is 1.67 bits per heavy atom. The molecular formula is C13H23NO3S. The average molecular weight is 273 g/mol. The highest BCUT2D eigenvalue weighted by atomic mass is 32.2. The molecular weight excluding hydrogens is 250 g/mol. The molecule has 2 aliphatic heterocycles. The largest absolute Gasteiger partial charge is 0.480 e. The van der Waals surface area contributed by atoms with Crippen LogP contribution in [0.4, 0.5) is 0 Å². The van der Waals surface area contributed by atoms with E-state index < -0.39 is 12.0 Å². The molecule has 0 aromatic rings. The summed E-state index contributed by atoms with van der Waals surface area (Å²) in [4.78, 5) is 11.2. The third-order valence-corrected chi connectivity index (χ3v) is 5.10. The number of thioether (sulfide) groups is 1. The molecule has 0 saturated carbocycles. The number of carboxylic acids is 1. The van der Waals surface area contributed by atoms with Crippen molar-refractivity contribution in [2.24, 2.45) is 0 Å². The van der Waals surface area contributed by atoms with Gasteiger partial charge in [0.2, 0.25) is 0 Å². The number of ether oxygens (including phenoxy) is 1. The fourth-order valence-corrected chi connectivity index (χ4v) is 4.26. The zero-order chi connectivity index (χ0) is 13.0. The fraction of sp³-hybridized carbons (Fsp3) is 0.923. The Balaban J connectivity index is 1.90. The maximum absolute atomic E-state index is 11.2. The van der Waals surface area contributed by atoms with Gasteiger partial charge in [0.15, 0.2) is 0 Å². The normalized spacial score (nSPS) is 33.7. The lowest BCUT2D eigenvalue weighted by Gasteiger charge is -2.39. The quantitative estimate of drug-likeness (QED) is 0.801. The molecule has 2 saturated heterocycles. The van der Waals surface area contributed by atoms with Crippen LogP contribution in [0.25, 0.3) is 0 Å². The van der Waals surface area contributed by atoms with Crippen molar-refractivity contribution >= 4 is 17.7 Å². The molecule has 1 spiro atoms. The summed E-state index contributed by atoms with van der Waals surface area (Å²) in [7, 11) is 0. The predicted molar refractivity (Wildman–Crippen MR) is 73.1 cm³/mol. The highest BCUT2D eigenvalue weighted by Gasteiger charge is 2.41. The van der Waals surface area contributed by atoms with E-state index in [-0.39, 0.29) is 5.60 Å². The molecule has 0 aliphatic carbocycles. The Bertz CT molecular complexity index is 292.